The maximum absolute atomic E-state index is 12.3. The van der Waals surface area contributed by atoms with Crippen molar-refractivity contribution >= 4 is 68.9 Å². The fourth-order valence-electron chi connectivity index (χ4n) is 5.48. The summed E-state index contributed by atoms with van der Waals surface area (Å²) in [5.74, 6) is 0.821. The number of aromatic nitrogens is 2. The van der Waals surface area contributed by atoms with Gasteiger partial charge >= 0.3 is 0 Å². The lowest BCUT2D eigenvalue weighted by molar-refractivity contribution is -0.117. The van der Waals surface area contributed by atoms with Gasteiger partial charge < -0.3 is 25.0 Å². The van der Waals surface area contributed by atoms with Gasteiger partial charge in [-0.1, -0.05) is 64.6 Å². The van der Waals surface area contributed by atoms with Crippen LogP contribution in [-0.4, -0.2) is 51.9 Å². The lowest BCUT2D eigenvalue weighted by atomic mass is 10.0. The summed E-state index contributed by atoms with van der Waals surface area (Å²) in [7, 11) is 0. The van der Waals surface area contributed by atoms with Crippen molar-refractivity contribution < 1.29 is 15.0 Å². The van der Waals surface area contributed by atoms with Crippen molar-refractivity contribution in [1.29, 1.82) is 0 Å². The molecular formula is C35H34Cl4N4O3. The zero-order valence-corrected chi connectivity index (χ0v) is 28.2. The van der Waals surface area contributed by atoms with Crippen molar-refractivity contribution in [3.63, 3.8) is 0 Å². The van der Waals surface area contributed by atoms with Crippen LogP contribution in [0.1, 0.15) is 36.1 Å². The number of benzene rings is 4. The van der Waals surface area contributed by atoms with Gasteiger partial charge in [0.25, 0.3) is 0 Å². The highest BCUT2D eigenvalue weighted by atomic mass is 35.5. The Hall–Kier alpha value is -3.14. The lowest BCUT2D eigenvalue weighted by Gasteiger charge is -2.23. The number of carbonyl (C=O) groups is 1. The molecule has 0 saturated carbocycles. The monoisotopic (exact) mass is 698 g/mol. The van der Waals surface area contributed by atoms with Gasteiger partial charge in [-0.25, -0.2) is 4.98 Å². The van der Waals surface area contributed by atoms with Crippen molar-refractivity contribution in [3.8, 4) is 11.4 Å². The van der Waals surface area contributed by atoms with Gasteiger partial charge in [0.2, 0.25) is 0 Å². The van der Waals surface area contributed by atoms with E-state index in [2.05, 4.69) is 9.88 Å². The van der Waals surface area contributed by atoms with Crippen molar-refractivity contribution in [2.45, 2.75) is 32.5 Å². The number of rotatable bonds is 14. The summed E-state index contributed by atoms with van der Waals surface area (Å²) < 4.78 is 2.13. The molecule has 46 heavy (non-hydrogen) atoms. The zero-order valence-electron chi connectivity index (χ0n) is 25.2. The highest BCUT2D eigenvalue weighted by Gasteiger charge is 2.19. The number of aliphatic hydroxyl groups is 2. The normalized spacial score (nSPS) is 12.1. The van der Waals surface area contributed by atoms with Gasteiger partial charge in [-0.05, 0) is 84.3 Å². The number of fused-ring (bicyclic) bond motifs is 1. The third-order valence-electron chi connectivity index (χ3n) is 7.76. The Kier molecular flexibility index (Phi) is 11.6. The number of aliphatic hydroxyl groups excluding tert-OH is 2. The maximum atomic E-state index is 12.3. The molecule has 0 spiro atoms. The van der Waals surface area contributed by atoms with E-state index >= 15 is 0 Å². The molecule has 1 heterocycles. The molecule has 5 aromatic rings. The average molecular weight is 700 g/mol. The molecule has 0 aliphatic rings. The Morgan fingerprint density at radius 1 is 0.826 bits per heavy atom. The summed E-state index contributed by atoms with van der Waals surface area (Å²) >= 11 is 24.9. The number of hydrogen-bond donors (Lipinski definition) is 3. The van der Waals surface area contributed by atoms with Gasteiger partial charge in [-0.3, -0.25) is 4.79 Å². The minimum Gasteiger partial charge on any atom is -0.395 e. The molecule has 0 fully saturated rings. The van der Waals surface area contributed by atoms with E-state index in [1.165, 1.54) is 0 Å². The number of nitrogens with one attached hydrogen (secondary N) is 1. The molecular weight excluding hydrogens is 666 g/mol. The number of carbonyl (C=O) groups excluding carboxylic acids is 1. The Labute approximate surface area is 288 Å². The topological polar surface area (TPSA) is 90.6 Å². The van der Waals surface area contributed by atoms with Crippen LogP contribution >= 0.6 is 46.4 Å². The van der Waals surface area contributed by atoms with Crippen molar-refractivity contribution in [1.82, 2.24) is 14.9 Å². The molecule has 5 rings (SSSR count). The lowest BCUT2D eigenvalue weighted by Crippen LogP contribution is -2.29. The SMILES string of the molecule is CC(=O)CC(NCc1ccc(Cl)c(Cl)c1)c1ccc2c(c1)nc(-c1ccc(N(CCO)CCO)cc1)n2Cc1ccc(Cl)c(Cl)c1. The van der Waals surface area contributed by atoms with Crippen LogP contribution in [0, 0.1) is 0 Å². The Balaban J connectivity index is 1.53. The zero-order chi connectivity index (χ0) is 32.8. The second kappa shape index (κ2) is 15.6. The van der Waals surface area contributed by atoms with Crippen LogP contribution in [0.2, 0.25) is 20.1 Å². The summed E-state index contributed by atoms with van der Waals surface area (Å²) in [4.78, 5) is 19.3. The van der Waals surface area contributed by atoms with E-state index < -0.39 is 0 Å². The van der Waals surface area contributed by atoms with Gasteiger partial charge in [0, 0.05) is 49.9 Å². The van der Waals surface area contributed by atoms with Crippen LogP contribution < -0.4 is 10.2 Å². The number of anilines is 1. The quantitative estimate of drug-likeness (QED) is 0.109. The van der Waals surface area contributed by atoms with Crippen molar-refractivity contribution in [3.05, 3.63) is 116 Å². The Morgan fingerprint density at radius 3 is 2.07 bits per heavy atom. The molecule has 0 bridgehead atoms. The highest BCUT2D eigenvalue weighted by Crippen LogP contribution is 2.32. The number of imidazole rings is 1. The summed E-state index contributed by atoms with van der Waals surface area (Å²) in [6, 6.07) is 24.8. The van der Waals surface area contributed by atoms with Gasteiger partial charge in [0.1, 0.15) is 11.6 Å². The van der Waals surface area contributed by atoms with E-state index in [9.17, 15) is 15.0 Å². The van der Waals surface area contributed by atoms with Crippen LogP contribution in [0.4, 0.5) is 5.69 Å². The average Bonchev–Trinajstić information content (AvgIpc) is 3.39. The van der Waals surface area contributed by atoms with Gasteiger partial charge in [0.15, 0.2) is 0 Å². The second-order valence-electron chi connectivity index (χ2n) is 11.1. The number of nitrogens with zero attached hydrogens (tertiary/aromatic N) is 3. The number of hydrogen-bond acceptors (Lipinski definition) is 6. The molecule has 1 aromatic heterocycles. The molecule has 1 unspecified atom stereocenters. The molecule has 0 radical (unpaired) electrons. The maximum Gasteiger partial charge on any atom is 0.141 e. The molecule has 11 heteroatoms. The predicted molar refractivity (Wildman–Crippen MR) is 188 cm³/mol. The number of ketones is 1. The third-order valence-corrected chi connectivity index (χ3v) is 9.24. The molecule has 1 atom stereocenters. The number of halogens is 4. The van der Waals surface area contributed by atoms with Crippen LogP contribution in [0.25, 0.3) is 22.4 Å². The largest absolute Gasteiger partial charge is 0.395 e. The fourth-order valence-corrected chi connectivity index (χ4v) is 6.12. The molecule has 4 aromatic carbocycles. The Morgan fingerprint density at radius 2 is 1.46 bits per heavy atom. The first-order chi connectivity index (χ1) is 22.2. The Bertz CT molecular complexity index is 1820. The van der Waals surface area contributed by atoms with Gasteiger partial charge in [-0.15, -0.1) is 0 Å². The van der Waals surface area contributed by atoms with Gasteiger partial charge in [0.05, 0.1) is 44.3 Å². The van der Waals surface area contributed by atoms with Crippen molar-refractivity contribution in [2.75, 3.05) is 31.2 Å². The smallest absolute Gasteiger partial charge is 0.141 e. The molecule has 7 nitrogen and oxygen atoms in total. The highest BCUT2D eigenvalue weighted by molar-refractivity contribution is 6.42. The van der Waals surface area contributed by atoms with E-state index in [4.69, 9.17) is 51.4 Å². The predicted octanol–water partition coefficient (Wildman–Crippen LogP) is 7.97. The molecule has 3 N–H and O–H groups in total. The first-order valence-corrected chi connectivity index (χ1v) is 16.4. The minimum absolute atomic E-state index is 0.0174. The summed E-state index contributed by atoms with van der Waals surface area (Å²) in [6.45, 7) is 3.38. The van der Waals surface area contributed by atoms with E-state index in [0.717, 1.165) is 44.8 Å². The minimum atomic E-state index is -0.247. The van der Waals surface area contributed by atoms with E-state index in [1.54, 1.807) is 19.1 Å². The third kappa shape index (κ3) is 8.22. The molecule has 240 valence electrons. The summed E-state index contributed by atoms with van der Waals surface area (Å²) in [5, 5.41) is 24.4. The summed E-state index contributed by atoms with van der Waals surface area (Å²) in [6.07, 6.45) is 0.309. The molecule has 0 aliphatic carbocycles. The van der Waals surface area contributed by atoms with Crippen LogP contribution in [-0.2, 0) is 17.9 Å². The van der Waals surface area contributed by atoms with Crippen LogP contribution in [0.5, 0.6) is 0 Å². The standard InChI is InChI=1S/C35H34Cl4N4O3/c1-22(46)16-32(40-20-23-2-9-28(36)30(38)17-23)26-6-11-34-33(19-26)41-35(43(34)21-24-3-10-29(37)31(39)18-24)25-4-7-27(8-5-25)42(12-14-44)13-15-45/h2-11,17-19,32,40,44-45H,12-16,20-21H2,1H3. The first kappa shape index (κ1) is 34.2. The van der Waals surface area contributed by atoms with Crippen LogP contribution in [0.3, 0.4) is 0 Å². The molecule has 0 saturated heterocycles. The second-order valence-corrected chi connectivity index (χ2v) is 12.7. The van der Waals surface area contributed by atoms with Crippen molar-refractivity contribution in [2.24, 2.45) is 0 Å². The van der Waals surface area contributed by atoms with E-state index in [0.29, 0.717) is 52.7 Å². The van der Waals surface area contributed by atoms with E-state index in [1.807, 2.05) is 71.6 Å². The number of Topliss-reactive ketones (excluding diaryl/α,β-unsaturated/α-hetero) is 1. The molecule has 0 aliphatic heterocycles. The molecule has 0 amide bonds. The first-order valence-electron chi connectivity index (χ1n) is 14.8. The summed E-state index contributed by atoms with van der Waals surface area (Å²) in [5.41, 5.74) is 6.34. The van der Waals surface area contributed by atoms with E-state index in [-0.39, 0.29) is 25.0 Å². The van der Waals surface area contributed by atoms with Gasteiger partial charge in [-0.2, -0.15) is 0 Å². The van der Waals surface area contributed by atoms with Crippen LogP contribution in [0.15, 0.2) is 78.9 Å². The fraction of sp³-hybridized carbons (Fsp3) is 0.257.